The Bertz CT molecular complexity index is 1790. The van der Waals surface area contributed by atoms with Gasteiger partial charge in [-0.3, -0.25) is 4.99 Å². The predicted octanol–water partition coefficient (Wildman–Crippen LogP) is 5.00. The number of amidine groups is 1. The molecule has 4 aromatic rings. The third-order valence-corrected chi connectivity index (χ3v) is 7.88. The Morgan fingerprint density at radius 2 is 1.29 bits per heavy atom. The van der Waals surface area contributed by atoms with Crippen molar-refractivity contribution in [3.05, 3.63) is 109 Å². The molecule has 2 aliphatic heterocycles. The molecule has 0 atom stereocenters. The summed E-state index contributed by atoms with van der Waals surface area (Å²) in [5.74, 6) is 1.79. The summed E-state index contributed by atoms with van der Waals surface area (Å²) in [7, 11) is 0. The van der Waals surface area contributed by atoms with E-state index in [-0.39, 0.29) is 22.4 Å². The first-order valence-corrected chi connectivity index (χ1v) is 12.7. The van der Waals surface area contributed by atoms with E-state index in [0.717, 1.165) is 78.7 Å². The molecule has 38 heavy (non-hydrogen) atoms. The van der Waals surface area contributed by atoms with Crippen molar-refractivity contribution >= 4 is 35.6 Å². The monoisotopic (exact) mass is 681 g/mol. The summed E-state index contributed by atoms with van der Waals surface area (Å²) in [6.07, 6.45) is 6.30. The number of aromatic nitrogens is 3. The SMILES string of the molecule is CC1=C(C)/C2=C/c3[n-]c(c(C)c3C)/C=c3\[n-]/c(cc3C)=C\c3[n-]c(c(C)c3C)N(c3ccccc3)C1=N2.[Au+3]. The van der Waals surface area contributed by atoms with E-state index in [4.69, 9.17) is 19.9 Å². The van der Waals surface area contributed by atoms with Crippen LogP contribution in [0.25, 0.3) is 18.2 Å². The zero-order chi connectivity index (χ0) is 26.0. The van der Waals surface area contributed by atoms with E-state index in [1.54, 1.807) is 0 Å². The van der Waals surface area contributed by atoms with Crippen LogP contribution >= 0.6 is 0 Å². The Hall–Kier alpha value is -3.51. The van der Waals surface area contributed by atoms with E-state index >= 15 is 0 Å². The van der Waals surface area contributed by atoms with E-state index in [2.05, 4.69) is 102 Å². The van der Waals surface area contributed by atoms with Crippen LogP contribution in [0.3, 0.4) is 0 Å². The number of rotatable bonds is 1. The van der Waals surface area contributed by atoms with Gasteiger partial charge >= 0.3 is 22.4 Å². The van der Waals surface area contributed by atoms with E-state index < -0.39 is 0 Å². The molecule has 1 aromatic carbocycles. The molecule has 3 aromatic heterocycles. The fourth-order valence-electron chi connectivity index (χ4n) is 5.06. The van der Waals surface area contributed by atoms with E-state index in [1.165, 1.54) is 11.1 Å². The normalized spacial score (nSPS) is 17.7. The maximum absolute atomic E-state index is 5.19. The quantitative estimate of drug-likeness (QED) is 0.266. The second-order valence-electron chi connectivity index (χ2n) is 10.1. The van der Waals surface area contributed by atoms with Gasteiger partial charge in [0.1, 0.15) is 0 Å². The van der Waals surface area contributed by atoms with Crippen molar-refractivity contribution in [2.75, 3.05) is 4.90 Å². The minimum absolute atomic E-state index is 0. The molecule has 8 bridgehead atoms. The molecule has 2 aliphatic rings. The molecule has 0 N–H and O–H groups in total. The number of para-hydroxylation sites is 1. The van der Waals surface area contributed by atoms with Gasteiger partial charge in [-0.25, -0.2) is 0 Å². The van der Waals surface area contributed by atoms with E-state index in [1.807, 2.05) is 6.07 Å². The van der Waals surface area contributed by atoms with E-state index in [9.17, 15) is 0 Å². The molecule has 0 unspecified atom stereocenters. The van der Waals surface area contributed by atoms with Crippen LogP contribution in [0.4, 0.5) is 11.5 Å². The van der Waals surface area contributed by atoms with Crippen molar-refractivity contribution < 1.29 is 22.4 Å². The molecule has 5 heterocycles. The molecule has 0 radical (unpaired) electrons. The van der Waals surface area contributed by atoms with Gasteiger partial charge in [-0.15, -0.1) is 22.1 Å². The molecule has 194 valence electrons. The second-order valence-corrected chi connectivity index (χ2v) is 10.1. The van der Waals surface area contributed by atoms with Crippen molar-refractivity contribution in [2.24, 2.45) is 4.99 Å². The summed E-state index contributed by atoms with van der Waals surface area (Å²) in [5.41, 5.74) is 12.8. The zero-order valence-corrected chi connectivity index (χ0v) is 24.9. The van der Waals surface area contributed by atoms with Gasteiger partial charge in [0.2, 0.25) is 0 Å². The predicted molar refractivity (Wildman–Crippen MR) is 152 cm³/mol. The Morgan fingerprint density at radius 3 is 2.00 bits per heavy atom. The maximum atomic E-state index is 5.19. The summed E-state index contributed by atoms with van der Waals surface area (Å²) >= 11 is 0. The summed E-state index contributed by atoms with van der Waals surface area (Å²) in [5, 5.41) is 1.85. The van der Waals surface area contributed by atoms with Gasteiger partial charge in [-0.1, -0.05) is 71.3 Å². The standard InChI is InChI=1S/C32H30N5.Au/c1-17-13-24-14-27-20(4)22(6)31(35-27)37(25-11-9-8-10-12-25)32-23(7)21(5)30(36-32)16-29-19(3)18(2)28(34-29)15-26(17)33-24;/h8-16H,1-7H3;/q-3;+3/b24-14-,26-15-,30-16-;. The van der Waals surface area contributed by atoms with Crippen LogP contribution in [0.2, 0.25) is 0 Å². The van der Waals surface area contributed by atoms with Crippen LogP contribution in [0.15, 0.2) is 58.2 Å². The Labute approximate surface area is 239 Å². The van der Waals surface area contributed by atoms with Gasteiger partial charge < -0.3 is 19.9 Å². The van der Waals surface area contributed by atoms with Crippen LogP contribution in [0.1, 0.15) is 58.7 Å². The number of nitrogens with zero attached hydrogens (tertiary/aromatic N) is 5. The molecule has 0 spiro atoms. The molecule has 0 amide bonds. The number of hydrogen-bond donors (Lipinski definition) is 0. The first-order chi connectivity index (χ1) is 17.7. The van der Waals surface area contributed by atoms with Crippen molar-refractivity contribution in [3.8, 4) is 0 Å². The number of benzene rings is 1. The number of aryl methyl sites for hydroxylation is 1. The smallest absolute Gasteiger partial charge is 0.658 e. The van der Waals surface area contributed by atoms with Crippen molar-refractivity contribution in [1.29, 1.82) is 0 Å². The molecule has 0 saturated heterocycles. The fraction of sp³-hybridized carbons (Fsp3) is 0.219. The Kier molecular flexibility index (Phi) is 6.64. The van der Waals surface area contributed by atoms with Crippen molar-refractivity contribution in [1.82, 2.24) is 15.0 Å². The average Bonchev–Trinajstić information content (AvgIpc) is 3.54. The van der Waals surface area contributed by atoms with Crippen LogP contribution in [0, 0.1) is 34.6 Å². The minimum Gasteiger partial charge on any atom is -0.658 e. The first kappa shape index (κ1) is 26.1. The molecule has 6 rings (SSSR count). The summed E-state index contributed by atoms with van der Waals surface area (Å²) < 4.78 is 0. The van der Waals surface area contributed by atoms with Gasteiger partial charge in [0.25, 0.3) is 0 Å². The number of anilines is 2. The number of fused-ring (bicyclic) bond motifs is 7. The number of aliphatic imine (C=N–C) groups is 1. The van der Waals surface area contributed by atoms with Crippen molar-refractivity contribution in [3.63, 3.8) is 0 Å². The van der Waals surface area contributed by atoms with Gasteiger partial charge in [0.05, 0.1) is 11.5 Å². The van der Waals surface area contributed by atoms with Gasteiger partial charge in [-0.2, -0.15) is 0 Å². The second kappa shape index (κ2) is 9.66. The number of allylic oxidation sites excluding steroid dienone is 1. The topological polar surface area (TPSA) is 57.9 Å². The Morgan fingerprint density at radius 1 is 0.658 bits per heavy atom. The molecule has 5 nitrogen and oxygen atoms in total. The van der Waals surface area contributed by atoms with Crippen molar-refractivity contribution in [2.45, 2.75) is 48.5 Å². The summed E-state index contributed by atoms with van der Waals surface area (Å²) in [4.78, 5) is 22.5. The molecular formula is C32H30AuN5. The van der Waals surface area contributed by atoms with Gasteiger partial charge in [-0.05, 0) is 87.9 Å². The molecule has 0 fully saturated rings. The van der Waals surface area contributed by atoms with Gasteiger partial charge in [0, 0.05) is 0 Å². The largest absolute Gasteiger partial charge is 3.00 e. The van der Waals surface area contributed by atoms with Crippen LogP contribution in [0.5, 0.6) is 0 Å². The summed E-state index contributed by atoms with van der Waals surface area (Å²) in [6, 6.07) is 12.5. The first-order valence-electron chi connectivity index (χ1n) is 12.7. The molecule has 0 aliphatic carbocycles. The van der Waals surface area contributed by atoms with E-state index in [0.29, 0.717) is 0 Å². The molecular weight excluding hydrogens is 651 g/mol. The average molecular weight is 682 g/mol. The number of hydrogen-bond acceptors (Lipinski definition) is 2. The maximum Gasteiger partial charge on any atom is 3.00 e. The molecule has 0 saturated carbocycles. The third kappa shape index (κ3) is 4.11. The molecule has 6 heteroatoms. The summed E-state index contributed by atoms with van der Waals surface area (Å²) in [6.45, 7) is 14.9. The van der Waals surface area contributed by atoms with Gasteiger partial charge in [0.15, 0.2) is 0 Å². The Balaban J connectivity index is 0.00000294. The fourth-order valence-corrected chi connectivity index (χ4v) is 5.06. The van der Waals surface area contributed by atoms with Crippen LogP contribution < -0.4 is 30.6 Å². The van der Waals surface area contributed by atoms with Crippen LogP contribution in [-0.4, -0.2) is 5.84 Å². The zero-order valence-electron chi connectivity index (χ0n) is 22.7. The van der Waals surface area contributed by atoms with Crippen LogP contribution in [-0.2, 0) is 22.4 Å². The minimum atomic E-state index is 0. The third-order valence-electron chi connectivity index (χ3n) is 7.88.